The molecule has 2 N–H and O–H groups in total. The molecule has 0 aliphatic heterocycles. The lowest BCUT2D eigenvalue weighted by molar-refractivity contribution is -0.140. The van der Waals surface area contributed by atoms with Crippen molar-refractivity contribution in [3.63, 3.8) is 0 Å². The van der Waals surface area contributed by atoms with Crippen LogP contribution in [0.5, 0.6) is 0 Å². The van der Waals surface area contributed by atoms with Gasteiger partial charge in [-0.05, 0) is 38.2 Å². The lowest BCUT2D eigenvalue weighted by atomic mass is 9.92. The minimum absolute atomic E-state index is 0.301. The van der Waals surface area contributed by atoms with Crippen molar-refractivity contribution in [1.29, 1.82) is 0 Å². The van der Waals surface area contributed by atoms with Gasteiger partial charge in [-0.1, -0.05) is 30.3 Å². The van der Waals surface area contributed by atoms with E-state index in [1.807, 2.05) is 44.2 Å². The smallest absolute Gasteiger partial charge is 0.321 e. The summed E-state index contributed by atoms with van der Waals surface area (Å²) in [5.41, 5.74) is 0.805. The fourth-order valence-electron chi connectivity index (χ4n) is 2.14. The number of hydrogen-bond acceptors (Lipinski definition) is 2. The summed E-state index contributed by atoms with van der Waals surface area (Å²) in [4.78, 5) is 11.2. The van der Waals surface area contributed by atoms with Gasteiger partial charge in [0.05, 0.1) is 0 Å². The molecule has 1 aliphatic rings. The number of carbonyl (C=O) groups is 1. The van der Waals surface area contributed by atoms with Crippen LogP contribution in [0.3, 0.4) is 0 Å². The topological polar surface area (TPSA) is 49.3 Å². The zero-order valence-corrected chi connectivity index (χ0v) is 10.3. The number of hydrogen-bond donors (Lipinski definition) is 2. The van der Waals surface area contributed by atoms with E-state index >= 15 is 0 Å². The van der Waals surface area contributed by atoms with Crippen LogP contribution in [0, 0.1) is 5.92 Å². The molecule has 0 spiro atoms. The first-order valence-electron chi connectivity index (χ1n) is 6.07. The van der Waals surface area contributed by atoms with Crippen molar-refractivity contribution >= 4 is 5.97 Å². The van der Waals surface area contributed by atoms with E-state index in [0.717, 1.165) is 18.4 Å². The number of carboxylic acids is 1. The first-order chi connectivity index (χ1) is 8.00. The summed E-state index contributed by atoms with van der Waals surface area (Å²) < 4.78 is 0. The van der Waals surface area contributed by atoms with E-state index in [1.165, 1.54) is 0 Å². The molecule has 3 nitrogen and oxygen atoms in total. The highest BCUT2D eigenvalue weighted by molar-refractivity contribution is 5.74. The van der Waals surface area contributed by atoms with E-state index in [2.05, 4.69) is 5.32 Å². The molecule has 1 fully saturated rings. The van der Waals surface area contributed by atoms with Crippen molar-refractivity contribution in [3.05, 3.63) is 35.9 Å². The zero-order valence-electron chi connectivity index (χ0n) is 10.3. The van der Waals surface area contributed by atoms with Gasteiger partial charge in [0.1, 0.15) is 6.04 Å². The minimum Gasteiger partial charge on any atom is -0.480 e. The summed E-state index contributed by atoms with van der Waals surface area (Å²) in [6, 6.07) is 9.55. The van der Waals surface area contributed by atoms with Crippen LogP contribution in [0.15, 0.2) is 30.3 Å². The Bertz CT molecular complexity index is 396. The van der Waals surface area contributed by atoms with Crippen molar-refractivity contribution in [3.8, 4) is 0 Å². The van der Waals surface area contributed by atoms with Crippen LogP contribution in [0.1, 0.15) is 32.3 Å². The van der Waals surface area contributed by atoms with Gasteiger partial charge < -0.3 is 5.11 Å². The molecule has 1 aromatic rings. The molecule has 1 unspecified atom stereocenters. The second-order valence-corrected chi connectivity index (χ2v) is 5.29. The Morgan fingerprint density at radius 1 is 1.35 bits per heavy atom. The van der Waals surface area contributed by atoms with Crippen molar-refractivity contribution in [1.82, 2.24) is 5.32 Å². The van der Waals surface area contributed by atoms with Crippen LogP contribution in [-0.2, 0) is 10.3 Å². The van der Waals surface area contributed by atoms with Crippen molar-refractivity contribution < 1.29 is 9.90 Å². The fourth-order valence-corrected chi connectivity index (χ4v) is 2.14. The maximum atomic E-state index is 11.2. The molecule has 17 heavy (non-hydrogen) atoms. The Morgan fingerprint density at radius 3 is 2.41 bits per heavy atom. The second-order valence-electron chi connectivity index (χ2n) is 5.29. The number of nitrogens with one attached hydrogen (secondary N) is 1. The largest absolute Gasteiger partial charge is 0.480 e. The maximum Gasteiger partial charge on any atom is 0.321 e. The summed E-state index contributed by atoms with van der Waals surface area (Å²) in [5.74, 6) is -0.438. The summed E-state index contributed by atoms with van der Waals surface area (Å²) >= 11 is 0. The molecule has 0 radical (unpaired) electrons. The quantitative estimate of drug-likeness (QED) is 0.821. The van der Waals surface area contributed by atoms with Crippen LogP contribution in [0.4, 0.5) is 0 Å². The van der Waals surface area contributed by atoms with E-state index in [1.54, 1.807) is 0 Å². The molecule has 3 heteroatoms. The van der Waals surface area contributed by atoms with Crippen LogP contribution in [0.25, 0.3) is 0 Å². The zero-order chi connectivity index (χ0) is 12.5. The second kappa shape index (κ2) is 4.49. The molecule has 1 saturated carbocycles. The van der Waals surface area contributed by atoms with Crippen LogP contribution < -0.4 is 5.32 Å². The predicted octanol–water partition coefficient (Wildman–Crippen LogP) is 2.37. The van der Waals surface area contributed by atoms with Crippen molar-refractivity contribution in [2.24, 2.45) is 5.92 Å². The molecule has 92 valence electrons. The normalized spacial score (nSPS) is 17.8. The third kappa shape index (κ3) is 2.86. The highest BCUT2D eigenvalue weighted by Gasteiger charge is 2.39. The van der Waals surface area contributed by atoms with Gasteiger partial charge >= 0.3 is 5.97 Å². The summed E-state index contributed by atoms with van der Waals surface area (Å²) in [7, 11) is 0. The molecule has 1 aliphatic carbocycles. The lowest BCUT2D eigenvalue weighted by Crippen LogP contribution is -2.48. The Labute approximate surface area is 102 Å². The average Bonchev–Trinajstić information content (AvgIpc) is 3.11. The molecule has 2 rings (SSSR count). The van der Waals surface area contributed by atoms with Crippen LogP contribution in [-0.4, -0.2) is 17.1 Å². The van der Waals surface area contributed by atoms with E-state index in [4.69, 9.17) is 0 Å². The molecule has 0 aromatic heterocycles. The molecule has 1 atom stereocenters. The molecular formula is C14H19NO2. The summed E-state index contributed by atoms with van der Waals surface area (Å²) in [6.07, 6.45) is 2.05. The van der Waals surface area contributed by atoms with E-state index in [0.29, 0.717) is 5.92 Å². The van der Waals surface area contributed by atoms with Crippen molar-refractivity contribution in [2.75, 3.05) is 0 Å². The Morgan fingerprint density at radius 2 is 1.94 bits per heavy atom. The Balaban J connectivity index is 2.13. The lowest BCUT2D eigenvalue weighted by Gasteiger charge is -2.30. The fraction of sp³-hybridized carbons (Fsp3) is 0.500. The highest BCUT2D eigenvalue weighted by Crippen LogP contribution is 2.34. The van der Waals surface area contributed by atoms with Gasteiger partial charge in [-0.3, -0.25) is 10.1 Å². The SMILES string of the molecule is CC(C)(NC(C(=O)O)C1CC1)c1ccccc1. The number of rotatable bonds is 5. The standard InChI is InChI=1S/C14H19NO2/c1-14(2,11-6-4-3-5-7-11)15-12(13(16)17)10-8-9-10/h3-7,10,12,15H,8-9H2,1-2H3,(H,16,17). The number of benzene rings is 1. The molecular weight excluding hydrogens is 214 g/mol. The predicted molar refractivity (Wildman–Crippen MR) is 66.8 cm³/mol. The Hall–Kier alpha value is -1.35. The molecule has 1 aromatic carbocycles. The van der Waals surface area contributed by atoms with Gasteiger partial charge in [0.2, 0.25) is 0 Å². The highest BCUT2D eigenvalue weighted by atomic mass is 16.4. The van der Waals surface area contributed by atoms with E-state index in [-0.39, 0.29) is 5.54 Å². The van der Waals surface area contributed by atoms with Gasteiger partial charge in [0, 0.05) is 5.54 Å². The number of carboxylic acid groups (broad SMARTS) is 1. The first kappa shape index (κ1) is 12.1. The summed E-state index contributed by atoms with van der Waals surface area (Å²) in [5, 5.41) is 12.5. The molecule has 0 heterocycles. The van der Waals surface area contributed by atoms with Crippen LogP contribution in [0.2, 0.25) is 0 Å². The molecule has 0 amide bonds. The van der Waals surface area contributed by atoms with Gasteiger partial charge in [0.25, 0.3) is 0 Å². The maximum absolute atomic E-state index is 11.2. The molecule has 0 saturated heterocycles. The minimum atomic E-state index is -0.739. The van der Waals surface area contributed by atoms with E-state index < -0.39 is 12.0 Å². The van der Waals surface area contributed by atoms with Gasteiger partial charge in [-0.15, -0.1) is 0 Å². The summed E-state index contributed by atoms with van der Waals surface area (Å²) in [6.45, 7) is 4.06. The van der Waals surface area contributed by atoms with Gasteiger partial charge in [0.15, 0.2) is 0 Å². The average molecular weight is 233 g/mol. The molecule has 0 bridgehead atoms. The van der Waals surface area contributed by atoms with E-state index in [9.17, 15) is 9.90 Å². The Kier molecular flexibility index (Phi) is 3.20. The third-order valence-electron chi connectivity index (χ3n) is 3.37. The third-order valence-corrected chi connectivity index (χ3v) is 3.37. The van der Waals surface area contributed by atoms with Crippen molar-refractivity contribution in [2.45, 2.75) is 38.3 Å². The van der Waals surface area contributed by atoms with Crippen LogP contribution >= 0.6 is 0 Å². The van der Waals surface area contributed by atoms with Gasteiger partial charge in [-0.25, -0.2) is 0 Å². The first-order valence-corrected chi connectivity index (χ1v) is 6.07. The van der Waals surface area contributed by atoms with Gasteiger partial charge in [-0.2, -0.15) is 0 Å². The monoisotopic (exact) mass is 233 g/mol. The number of aliphatic carboxylic acids is 1.